The third-order valence-electron chi connectivity index (χ3n) is 3.88. The highest BCUT2D eigenvalue weighted by Crippen LogP contribution is 2.41. The van der Waals surface area contributed by atoms with E-state index in [2.05, 4.69) is 0 Å². The predicted octanol–water partition coefficient (Wildman–Crippen LogP) is 3.45. The Morgan fingerprint density at radius 2 is 2.12 bits per heavy atom. The van der Waals surface area contributed by atoms with E-state index in [0.717, 1.165) is 29.6 Å². The highest BCUT2D eigenvalue weighted by molar-refractivity contribution is 5.78. The first-order chi connectivity index (χ1) is 8.15. The van der Waals surface area contributed by atoms with Crippen LogP contribution in [-0.4, -0.2) is 11.2 Å². The zero-order valence-corrected chi connectivity index (χ0v) is 9.69. The second-order valence-electron chi connectivity index (χ2n) is 4.94. The van der Waals surface area contributed by atoms with Crippen LogP contribution in [0.25, 0.3) is 11.0 Å². The standard InChI is InChI=1S/C14H15FO2/c1-8-11(3-4-12(8)16)14-7-9-6-10(15)2-5-13(9)17-14/h2,5-8,11-12,16H,3-4H2,1H3. The Hall–Kier alpha value is -1.35. The van der Waals surface area contributed by atoms with Gasteiger partial charge in [0.05, 0.1) is 6.10 Å². The molecule has 1 fully saturated rings. The van der Waals surface area contributed by atoms with Crippen LogP contribution in [0.5, 0.6) is 0 Å². The van der Waals surface area contributed by atoms with Crippen molar-refractivity contribution in [3.05, 3.63) is 35.8 Å². The molecular weight excluding hydrogens is 219 g/mol. The zero-order chi connectivity index (χ0) is 12.0. The quantitative estimate of drug-likeness (QED) is 0.819. The Labute approximate surface area is 99.1 Å². The van der Waals surface area contributed by atoms with Crippen molar-refractivity contribution < 1.29 is 13.9 Å². The summed E-state index contributed by atoms with van der Waals surface area (Å²) in [7, 11) is 0. The highest BCUT2D eigenvalue weighted by atomic mass is 19.1. The molecule has 3 unspecified atom stereocenters. The molecule has 1 aliphatic rings. The minimum absolute atomic E-state index is 0.209. The number of hydrogen-bond acceptors (Lipinski definition) is 2. The van der Waals surface area contributed by atoms with Gasteiger partial charge in [-0.25, -0.2) is 4.39 Å². The van der Waals surface area contributed by atoms with Crippen LogP contribution in [0.1, 0.15) is 31.4 Å². The summed E-state index contributed by atoms with van der Waals surface area (Å²) in [5, 5.41) is 10.5. The summed E-state index contributed by atoms with van der Waals surface area (Å²) < 4.78 is 18.8. The third kappa shape index (κ3) is 1.75. The molecular formula is C14H15FO2. The molecule has 1 heterocycles. The monoisotopic (exact) mass is 234 g/mol. The Bertz CT molecular complexity index is 546. The fourth-order valence-electron chi connectivity index (χ4n) is 2.76. The summed E-state index contributed by atoms with van der Waals surface area (Å²) >= 11 is 0. The van der Waals surface area contributed by atoms with Gasteiger partial charge in [-0.05, 0) is 43.0 Å². The molecule has 1 saturated carbocycles. The Morgan fingerprint density at radius 3 is 2.82 bits per heavy atom. The number of furan rings is 1. The number of aliphatic hydroxyl groups is 1. The van der Waals surface area contributed by atoms with Gasteiger partial charge < -0.3 is 9.52 Å². The van der Waals surface area contributed by atoms with Gasteiger partial charge in [-0.3, -0.25) is 0 Å². The molecule has 3 atom stereocenters. The lowest BCUT2D eigenvalue weighted by molar-refractivity contribution is 0.134. The molecule has 1 aromatic carbocycles. The second kappa shape index (κ2) is 3.84. The van der Waals surface area contributed by atoms with Gasteiger partial charge in [0.25, 0.3) is 0 Å². The van der Waals surface area contributed by atoms with Crippen molar-refractivity contribution in [2.75, 3.05) is 0 Å². The third-order valence-corrected chi connectivity index (χ3v) is 3.88. The maximum Gasteiger partial charge on any atom is 0.134 e. The lowest BCUT2D eigenvalue weighted by Gasteiger charge is -2.14. The largest absolute Gasteiger partial charge is 0.461 e. The van der Waals surface area contributed by atoms with Gasteiger partial charge in [0.15, 0.2) is 0 Å². The normalized spacial score (nSPS) is 29.0. The summed E-state index contributed by atoms with van der Waals surface area (Å²) in [6.45, 7) is 2.04. The van der Waals surface area contributed by atoms with Gasteiger partial charge in [-0.2, -0.15) is 0 Å². The van der Waals surface area contributed by atoms with Crippen molar-refractivity contribution in [2.24, 2.45) is 5.92 Å². The smallest absolute Gasteiger partial charge is 0.134 e. The summed E-state index contributed by atoms with van der Waals surface area (Å²) in [5.41, 5.74) is 0.718. The Balaban J connectivity index is 2.01. The zero-order valence-electron chi connectivity index (χ0n) is 9.69. The van der Waals surface area contributed by atoms with Crippen LogP contribution in [0.15, 0.2) is 28.7 Å². The van der Waals surface area contributed by atoms with Gasteiger partial charge >= 0.3 is 0 Å². The average Bonchev–Trinajstić information content (AvgIpc) is 2.83. The molecule has 0 bridgehead atoms. The molecule has 3 heteroatoms. The molecule has 0 radical (unpaired) electrons. The molecule has 2 nitrogen and oxygen atoms in total. The molecule has 0 saturated heterocycles. The molecule has 2 aromatic rings. The Morgan fingerprint density at radius 1 is 1.29 bits per heavy atom. The number of fused-ring (bicyclic) bond motifs is 1. The van der Waals surface area contributed by atoms with Gasteiger partial charge in [0.2, 0.25) is 0 Å². The molecule has 90 valence electrons. The Kier molecular flexibility index (Phi) is 2.44. The molecule has 3 rings (SSSR count). The molecule has 1 aromatic heterocycles. The van der Waals surface area contributed by atoms with Gasteiger partial charge in [-0.15, -0.1) is 0 Å². The van der Waals surface area contributed by atoms with E-state index in [4.69, 9.17) is 4.42 Å². The van der Waals surface area contributed by atoms with E-state index in [-0.39, 0.29) is 23.8 Å². The van der Waals surface area contributed by atoms with E-state index in [1.54, 1.807) is 6.07 Å². The van der Waals surface area contributed by atoms with Crippen molar-refractivity contribution >= 4 is 11.0 Å². The SMILES string of the molecule is CC1C(O)CCC1c1cc2cc(F)ccc2o1. The predicted molar refractivity (Wildman–Crippen MR) is 63.3 cm³/mol. The molecule has 0 aliphatic heterocycles. The summed E-state index contributed by atoms with van der Waals surface area (Å²) in [6, 6.07) is 6.45. The van der Waals surface area contributed by atoms with E-state index >= 15 is 0 Å². The number of rotatable bonds is 1. The maximum absolute atomic E-state index is 13.1. The van der Waals surface area contributed by atoms with Crippen molar-refractivity contribution in [1.82, 2.24) is 0 Å². The van der Waals surface area contributed by atoms with Crippen molar-refractivity contribution in [3.8, 4) is 0 Å². The van der Waals surface area contributed by atoms with Gasteiger partial charge in [-0.1, -0.05) is 6.92 Å². The summed E-state index contributed by atoms with van der Waals surface area (Å²) in [4.78, 5) is 0. The van der Waals surface area contributed by atoms with Crippen LogP contribution in [0.4, 0.5) is 4.39 Å². The first kappa shape index (κ1) is 10.8. The van der Waals surface area contributed by atoms with E-state index in [0.29, 0.717) is 0 Å². The van der Waals surface area contributed by atoms with Gasteiger partial charge in [0.1, 0.15) is 17.2 Å². The van der Waals surface area contributed by atoms with Crippen LogP contribution in [0.2, 0.25) is 0 Å². The number of halogens is 1. The first-order valence-corrected chi connectivity index (χ1v) is 6.02. The lowest BCUT2D eigenvalue weighted by Crippen LogP contribution is -2.13. The van der Waals surface area contributed by atoms with Crippen LogP contribution in [-0.2, 0) is 0 Å². The van der Waals surface area contributed by atoms with E-state index in [9.17, 15) is 9.50 Å². The second-order valence-corrected chi connectivity index (χ2v) is 4.94. The fourth-order valence-corrected chi connectivity index (χ4v) is 2.76. The van der Waals surface area contributed by atoms with Crippen LogP contribution >= 0.6 is 0 Å². The lowest BCUT2D eigenvalue weighted by atomic mass is 9.94. The molecule has 0 spiro atoms. The van der Waals surface area contributed by atoms with E-state index in [1.807, 2.05) is 13.0 Å². The molecule has 17 heavy (non-hydrogen) atoms. The van der Waals surface area contributed by atoms with Crippen LogP contribution in [0.3, 0.4) is 0 Å². The fraction of sp³-hybridized carbons (Fsp3) is 0.429. The minimum atomic E-state index is -0.246. The first-order valence-electron chi connectivity index (χ1n) is 6.02. The maximum atomic E-state index is 13.1. The summed E-state index contributed by atoms with van der Waals surface area (Å²) in [5.74, 6) is 1.08. The average molecular weight is 234 g/mol. The number of hydrogen-bond donors (Lipinski definition) is 1. The highest BCUT2D eigenvalue weighted by Gasteiger charge is 2.34. The number of aliphatic hydroxyl groups excluding tert-OH is 1. The topological polar surface area (TPSA) is 33.4 Å². The number of benzene rings is 1. The summed E-state index contributed by atoms with van der Waals surface area (Å²) in [6.07, 6.45) is 1.51. The van der Waals surface area contributed by atoms with Crippen LogP contribution in [0, 0.1) is 11.7 Å². The molecule has 0 amide bonds. The van der Waals surface area contributed by atoms with Crippen LogP contribution < -0.4 is 0 Å². The minimum Gasteiger partial charge on any atom is -0.461 e. The van der Waals surface area contributed by atoms with Crippen molar-refractivity contribution in [1.29, 1.82) is 0 Å². The van der Waals surface area contributed by atoms with Crippen molar-refractivity contribution in [3.63, 3.8) is 0 Å². The van der Waals surface area contributed by atoms with E-state index < -0.39 is 0 Å². The molecule has 1 aliphatic carbocycles. The molecule has 1 N–H and O–H groups in total. The van der Waals surface area contributed by atoms with Gasteiger partial charge in [0, 0.05) is 11.3 Å². The van der Waals surface area contributed by atoms with E-state index in [1.165, 1.54) is 12.1 Å². The van der Waals surface area contributed by atoms with Crippen molar-refractivity contribution in [2.45, 2.75) is 31.8 Å².